The van der Waals surface area contributed by atoms with Crippen LogP contribution in [0.1, 0.15) is 36.7 Å². The Labute approximate surface area is 123 Å². The number of aromatic nitrogens is 2. The first-order valence-electron chi connectivity index (χ1n) is 6.96. The van der Waals surface area contributed by atoms with Gasteiger partial charge in [-0.15, -0.1) is 0 Å². The van der Waals surface area contributed by atoms with Crippen molar-refractivity contribution < 1.29 is 9.32 Å². The molecular formula is C15H20N4O2. The number of benzene rings is 1. The van der Waals surface area contributed by atoms with Crippen LogP contribution in [0.4, 0.5) is 0 Å². The molecule has 2 rings (SSSR count). The van der Waals surface area contributed by atoms with Crippen molar-refractivity contribution in [2.75, 3.05) is 7.05 Å². The Morgan fingerprint density at radius 1 is 1.38 bits per heavy atom. The molecule has 0 saturated carbocycles. The van der Waals surface area contributed by atoms with Gasteiger partial charge in [0.1, 0.15) is 0 Å². The predicted molar refractivity (Wildman–Crippen MR) is 78.1 cm³/mol. The molecule has 0 unspecified atom stereocenters. The fraction of sp³-hybridized carbons (Fsp3) is 0.400. The van der Waals surface area contributed by atoms with Crippen LogP contribution in [0.3, 0.4) is 0 Å². The maximum atomic E-state index is 12.2. The van der Waals surface area contributed by atoms with Crippen LogP contribution in [0.25, 0.3) is 0 Å². The van der Waals surface area contributed by atoms with Crippen molar-refractivity contribution in [3.63, 3.8) is 0 Å². The van der Waals surface area contributed by atoms with Crippen LogP contribution in [0.15, 0.2) is 34.9 Å². The van der Waals surface area contributed by atoms with Gasteiger partial charge in [0.15, 0.2) is 5.82 Å². The molecule has 0 aliphatic carbocycles. The minimum atomic E-state index is -0.310. The summed E-state index contributed by atoms with van der Waals surface area (Å²) in [4.78, 5) is 17.9. The van der Waals surface area contributed by atoms with E-state index in [4.69, 9.17) is 10.3 Å². The smallest absolute Gasteiger partial charge is 0.246 e. The number of hydrogen-bond acceptors (Lipinski definition) is 5. The Balaban J connectivity index is 1.90. The fourth-order valence-corrected chi connectivity index (χ4v) is 1.95. The van der Waals surface area contributed by atoms with Crippen molar-refractivity contribution in [2.45, 2.75) is 32.4 Å². The van der Waals surface area contributed by atoms with Gasteiger partial charge in [-0.05, 0) is 5.56 Å². The number of amides is 1. The lowest BCUT2D eigenvalue weighted by Crippen LogP contribution is -2.29. The molecule has 2 aromatic rings. The molecule has 2 N–H and O–H groups in total. The highest BCUT2D eigenvalue weighted by Crippen LogP contribution is 2.15. The second-order valence-corrected chi connectivity index (χ2v) is 4.93. The van der Waals surface area contributed by atoms with Crippen LogP contribution < -0.4 is 5.73 Å². The largest absolute Gasteiger partial charge is 0.337 e. The molecule has 1 aromatic heterocycles. The molecule has 1 aromatic carbocycles. The Morgan fingerprint density at radius 3 is 2.71 bits per heavy atom. The van der Waals surface area contributed by atoms with E-state index in [-0.39, 0.29) is 18.4 Å². The lowest BCUT2D eigenvalue weighted by atomic mass is 10.0. The Hall–Kier alpha value is -2.21. The average molecular weight is 288 g/mol. The molecule has 0 bridgehead atoms. The van der Waals surface area contributed by atoms with Crippen molar-refractivity contribution in [3.05, 3.63) is 47.6 Å². The van der Waals surface area contributed by atoms with E-state index in [1.165, 1.54) is 0 Å². The fourth-order valence-electron chi connectivity index (χ4n) is 1.95. The first-order chi connectivity index (χ1) is 10.1. The molecule has 0 aliphatic heterocycles. The Kier molecular flexibility index (Phi) is 5.05. The van der Waals surface area contributed by atoms with Crippen LogP contribution in [0, 0.1) is 0 Å². The molecule has 0 aliphatic rings. The van der Waals surface area contributed by atoms with E-state index in [1.807, 2.05) is 37.3 Å². The van der Waals surface area contributed by atoms with Crippen molar-refractivity contribution in [2.24, 2.45) is 5.73 Å². The minimum Gasteiger partial charge on any atom is -0.337 e. The molecule has 1 heterocycles. The number of nitrogens with zero attached hydrogens (tertiary/aromatic N) is 3. The highest BCUT2D eigenvalue weighted by molar-refractivity contribution is 5.76. The van der Waals surface area contributed by atoms with Gasteiger partial charge >= 0.3 is 0 Å². The molecule has 1 atom stereocenters. The van der Waals surface area contributed by atoms with Crippen LogP contribution in [-0.4, -0.2) is 28.0 Å². The molecule has 0 spiro atoms. The third kappa shape index (κ3) is 4.13. The van der Waals surface area contributed by atoms with E-state index in [1.54, 1.807) is 11.9 Å². The summed E-state index contributed by atoms with van der Waals surface area (Å²) in [6.45, 7) is 2.25. The monoisotopic (exact) mass is 288 g/mol. The molecule has 112 valence electrons. The minimum absolute atomic E-state index is 0.0531. The highest BCUT2D eigenvalue weighted by Gasteiger charge is 2.17. The summed E-state index contributed by atoms with van der Waals surface area (Å²) in [7, 11) is 1.70. The number of rotatable bonds is 6. The van der Waals surface area contributed by atoms with Crippen LogP contribution in [0.5, 0.6) is 0 Å². The van der Waals surface area contributed by atoms with E-state index in [0.717, 1.165) is 5.56 Å². The third-order valence-corrected chi connectivity index (χ3v) is 3.25. The predicted octanol–water partition coefficient (Wildman–Crippen LogP) is 1.68. The zero-order chi connectivity index (χ0) is 15.2. The summed E-state index contributed by atoms with van der Waals surface area (Å²) in [5.74, 6) is 1.03. The van der Waals surface area contributed by atoms with Gasteiger partial charge in [-0.1, -0.05) is 42.4 Å². The Morgan fingerprint density at radius 2 is 2.10 bits per heavy atom. The SMILES string of the molecule is CCc1noc(CN(C)C(=O)C[C@H](N)c2ccccc2)n1. The molecule has 1 amide bonds. The summed E-state index contributed by atoms with van der Waals surface area (Å²) in [5.41, 5.74) is 7.00. The van der Waals surface area contributed by atoms with E-state index >= 15 is 0 Å². The molecular weight excluding hydrogens is 268 g/mol. The van der Waals surface area contributed by atoms with E-state index in [9.17, 15) is 4.79 Å². The maximum absolute atomic E-state index is 12.2. The number of aryl methyl sites for hydroxylation is 1. The van der Waals surface area contributed by atoms with E-state index < -0.39 is 0 Å². The quantitative estimate of drug-likeness (QED) is 0.874. The number of nitrogens with two attached hydrogens (primary N) is 1. The summed E-state index contributed by atoms with van der Waals surface area (Å²) < 4.78 is 5.08. The third-order valence-electron chi connectivity index (χ3n) is 3.25. The molecule has 6 heteroatoms. The average Bonchev–Trinajstić information content (AvgIpc) is 2.95. The first-order valence-corrected chi connectivity index (χ1v) is 6.96. The van der Waals surface area contributed by atoms with Crippen molar-refractivity contribution >= 4 is 5.91 Å². The van der Waals surface area contributed by atoms with Crippen LogP contribution >= 0.6 is 0 Å². The molecule has 0 radical (unpaired) electrons. The van der Waals surface area contributed by atoms with Gasteiger partial charge in [0.25, 0.3) is 0 Å². The lowest BCUT2D eigenvalue weighted by molar-refractivity contribution is -0.131. The van der Waals surface area contributed by atoms with Gasteiger partial charge in [-0.3, -0.25) is 4.79 Å². The number of hydrogen-bond donors (Lipinski definition) is 1. The second kappa shape index (κ2) is 6.99. The van der Waals surface area contributed by atoms with Crippen molar-refractivity contribution in [1.29, 1.82) is 0 Å². The van der Waals surface area contributed by atoms with Crippen molar-refractivity contribution in [1.82, 2.24) is 15.0 Å². The first kappa shape index (κ1) is 15.2. The van der Waals surface area contributed by atoms with Gasteiger partial charge in [0.2, 0.25) is 11.8 Å². The lowest BCUT2D eigenvalue weighted by Gasteiger charge is -2.18. The standard InChI is InChI=1S/C15H20N4O2/c1-3-13-17-14(21-18-13)10-19(2)15(20)9-12(16)11-7-5-4-6-8-11/h4-8,12H,3,9-10,16H2,1-2H3/t12-/m0/s1. The zero-order valence-electron chi connectivity index (χ0n) is 12.3. The molecule has 0 fully saturated rings. The molecule has 21 heavy (non-hydrogen) atoms. The van der Waals surface area contributed by atoms with Crippen LogP contribution in [-0.2, 0) is 17.8 Å². The number of carbonyl (C=O) groups excluding carboxylic acids is 1. The molecule has 6 nitrogen and oxygen atoms in total. The summed E-state index contributed by atoms with van der Waals surface area (Å²) in [6, 6.07) is 9.27. The normalized spacial score (nSPS) is 12.1. The Bertz CT molecular complexity index is 582. The summed E-state index contributed by atoms with van der Waals surface area (Å²) >= 11 is 0. The number of carbonyl (C=O) groups is 1. The van der Waals surface area contributed by atoms with Gasteiger partial charge in [-0.25, -0.2) is 0 Å². The van der Waals surface area contributed by atoms with Gasteiger partial charge in [-0.2, -0.15) is 4.98 Å². The second-order valence-electron chi connectivity index (χ2n) is 4.93. The summed E-state index contributed by atoms with van der Waals surface area (Å²) in [6.07, 6.45) is 0.954. The van der Waals surface area contributed by atoms with Gasteiger partial charge in [0.05, 0.1) is 6.54 Å². The van der Waals surface area contributed by atoms with Crippen LogP contribution in [0.2, 0.25) is 0 Å². The topological polar surface area (TPSA) is 85.2 Å². The maximum Gasteiger partial charge on any atom is 0.246 e. The molecule has 0 saturated heterocycles. The van der Waals surface area contributed by atoms with E-state index in [0.29, 0.717) is 24.7 Å². The van der Waals surface area contributed by atoms with Gasteiger partial charge in [0, 0.05) is 25.9 Å². The highest BCUT2D eigenvalue weighted by atomic mass is 16.5. The zero-order valence-corrected chi connectivity index (χ0v) is 12.3. The summed E-state index contributed by atoms with van der Waals surface area (Å²) in [5, 5.41) is 3.81. The van der Waals surface area contributed by atoms with Crippen molar-refractivity contribution in [3.8, 4) is 0 Å². The van der Waals surface area contributed by atoms with Gasteiger partial charge < -0.3 is 15.2 Å². The van der Waals surface area contributed by atoms with E-state index in [2.05, 4.69) is 10.1 Å².